The number of likely N-dealkylation sites (tertiary alicyclic amines) is 1. The molecule has 29 heavy (non-hydrogen) atoms. The lowest BCUT2D eigenvalue weighted by atomic mass is 9.93. The summed E-state index contributed by atoms with van der Waals surface area (Å²) >= 11 is 0. The summed E-state index contributed by atoms with van der Waals surface area (Å²) in [5, 5.41) is 16.6. The van der Waals surface area contributed by atoms with Crippen molar-refractivity contribution in [2.45, 2.75) is 31.6 Å². The first kappa shape index (κ1) is 18.2. The molecule has 150 valence electrons. The van der Waals surface area contributed by atoms with E-state index in [2.05, 4.69) is 25.4 Å². The van der Waals surface area contributed by atoms with Crippen LogP contribution in [0.25, 0.3) is 16.9 Å². The molecule has 2 aliphatic rings. The van der Waals surface area contributed by atoms with E-state index in [1.54, 1.807) is 6.20 Å². The molecule has 3 aromatic rings. The normalized spacial score (nSPS) is 21.4. The molecule has 0 saturated carbocycles. The Hall–Kier alpha value is -2.87. The molecule has 0 bridgehead atoms. The summed E-state index contributed by atoms with van der Waals surface area (Å²) in [6.07, 6.45) is 7.36. The van der Waals surface area contributed by atoms with Gasteiger partial charge in [-0.15, -0.1) is 10.2 Å². The van der Waals surface area contributed by atoms with Gasteiger partial charge in [0.25, 0.3) is 0 Å². The minimum Gasteiger partial charge on any atom is -0.356 e. The van der Waals surface area contributed by atoms with E-state index >= 15 is 0 Å². The van der Waals surface area contributed by atoms with Gasteiger partial charge in [0.05, 0.1) is 5.69 Å². The Balaban J connectivity index is 1.27. The summed E-state index contributed by atoms with van der Waals surface area (Å²) in [4.78, 5) is 18.1. The number of pyridine rings is 1. The molecule has 5 heterocycles. The van der Waals surface area contributed by atoms with Gasteiger partial charge in [-0.1, -0.05) is 0 Å². The third kappa shape index (κ3) is 3.85. The quantitative estimate of drug-likeness (QED) is 0.731. The van der Waals surface area contributed by atoms with Crippen molar-refractivity contribution in [3.05, 3.63) is 42.5 Å². The van der Waals surface area contributed by atoms with Gasteiger partial charge in [0.2, 0.25) is 5.91 Å². The first-order chi connectivity index (χ1) is 14.3. The number of hydrogen-bond donors (Lipinski definition) is 1. The summed E-state index contributed by atoms with van der Waals surface area (Å²) in [6, 6.07) is 7.87. The van der Waals surface area contributed by atoms with Crippen molar-refractivity contribution >= 4 is 11.6 Å². The highest BCUT2D eigenvalue weighted by atomic mass is 16.1. The van der Waals surface area contributed by atoms with Crippen molar-refractivity contribution in [2.75, 3.05) is 26.2 Å². The molecule has 2 saturated heterocycles. The van der Waals surface area contributed by atoms with Gasteiger partial charge in [0, 0.05) is 43.4 Å². The fourth-order valence-electron chi connectivity index (χ4n) is 4.41. The molecule has 0 spiro atoms. The summed E-state index contributed by atoms with van der Waals surface area (Å²) < 4.78 is 1.90. The largest absolute Gasteiger partial charge is 0.356 e. The van der Waals surface area contributed by atoms with E-state index in [1.807, 2.05) is 35.0 Å². The van der Waals surface area contributed by atoms with Gasteiger partial charge in [-0.25, -0.2) is 0 Å². The van der Waals surface area contributed by atoms with Gasteiger partial charge in [-0.3, -0.25) is 9.78 Å². The van der Waals surface area contributed by atoms with Gasteiger partial charge >= 0.3 is 0 Å². The number of carbonyl (C=O) groups is 1. The van der Waals surface area contributed by atoms with Crippen LogP contribution >= 0.6 is 0 Å². The second-order valence-electron chi connectivity index (χ2n) is 8.07. The Morgan fingerprint density at radius 2 is 2.00 bits per heavy atom. The lowest BCUT2D eigenvalue weighted by Crippen LogP contribution is -2.43. The number of piperidine rings is 2. The van der Waals surface area contributed by atoms with Gasteiger partial charge in [-0.2, -0.15) is 9.61 Å². The number of nitrogens with zero attached hydrogens (tertiary/aromatic N) is 6. The summed E-state index contributed by atoms with van der Waals surface area (Å²) in [5.74, 6) is 2.08. The molecule has 1 amide bonds. The van der Waals surface area contributed by atoms with Crippen LogP contribution in [0.1, 0.15) is 37.4 Å². The van der Waals surface area contributed by atoms with E-state index < -0.39 is 0 Å². The van der Waals surface area contributed by atoms with Gasteiger partial charge in [0.1, 0.15) is 0 Å². The van der Waals surface area contributed by atoms with E-state index in [-0.39, 0.29) is 5.91 Å². The first-order valence-corrected chi connectivity index (χ1v) is 10.4. The second-order valence-corrected chi connectivity index (χ2v) is 8.07. The Bertz CT molecular complexity index is 985. The van der Waals surface area contributed by atoms with Crippen LogP contribution in [-0.4, -0.2) is 61.8 Å². The number of hydrogen-bond acceptors (Lipinski definition) is 6. The first-order valence-electron chi connectivity index (χ1n) is 10.4. The maximum absolute atomic E-state index is 11.3. The fraction of sp³-hybridized carbons (Fsp3) is 0.476. The summed E-state index contributed by atoms with van der Waals surface area (Å²) in [5.41, 5.74) is 2.65. The smallest absolute Gasteiger partial charge is 0.220 e. The van der Waals surface area contributed by atoms with Crippen molar-refractivity contribution in [2.24, 2.45) is 5.92 Å². The highest BCUT2D eigenvalue weighted by Gasteiger charge is 2.27. The summed E-state index contributed by atoms with van der Waals surface area (Å²) in [7, 11) is 0. The summed E-state index contributed by atoms with van der Waals surface area (Å²) in [6.45, 7) is 3.98. The van der Waals surface area contributed by atoms with E-state index in [9.17, 15) is 4.79 Å². The number of aromatic nitrogens is 5. The molecule has 0 radical (unpaired) electrons. The predicted molar refractivity (Wildman–Crippen MR) is 108 cm³/mol. The molecule has 8 heteroatoms. The fourth-order valence-corrected chi connectivity index (χ4v) is 4.41. The van der Waals surface area contributed by atoms with Crippen LogP contribution in [0.15, 0.2) is 36.7 Å². The SMILES string of the molecule is O=C1CCC(CN2CCC(c3nnc4ccc(-c5cccnc5)nn34)CC2)CN1. The Morgan fingerprint density at radius 3 is 2.76 bits per heavy atom. The molecule has 1 atom stereocenters. The van der Waals surface area contributed by atoms with E-state index in [1.165, 1.54) is 0 Å². The number of rotatable bonds is 4. The molecule has 3 aromatic heterocycles. The minimum atomic E-state index is 0.191. The number of amides is 1. The molecular formula is C21H25N7O. The van der Waals surface area contributed by atoms with E-state index in [0.29, 0.717) is 18.3 Å². The molecule has 1 unspecified atom stereocenters. The van der Waals surface area contributed by atoms with Crippen molar-refractivity contribution in [1.82, 2.24) is 35.0 Å². The lowest BCUT2D eigenvalue weighted by molar-refractivity contribution is -0.123. The number of nitrogens with one attached hydrogen (secondary N) is 1. The zero-order chi connectivity index (χ0) is 19.6. The van der Waals surface area contributed by atoms with E-state index in [4.69, 9.17) is 5.10 Å². The molecule has 2 fully saturated rings. The molecule has 1 N–H and O–H groups in total. The monoisotopic (exact) mass is 391 g/mol. The molecule has 2 aliphatic heterocycles. The lowest BCUT2D eigenvalue weighted by Gasteiger charge is -2.34. The average Bonchev–Trinajstić information content (AvgIpc) is 3.20. The number of carbonyl (C=O) groups excluding carboxylic acids is 1. The standard InChI is InChI=1S/C21H25N7O/c29-20-6-3-15(12-23-20)14-27-10-7-16(8-11-27)21-25-24-19-5-4-18(26-28(19)21)17-2-1-9-22-13-17/h1-2,4-5,9,13,15-16H,3,6-8,10-12,14H2,(H,23,29). The van der Waals surface area contributed by atoms with E-state index in [0.717, 1.165) is 68.2 Å². The maximum atomic E-state index is 11.3. The molecule has 5 rings (SSSR count). The van der Waals surface area contributed by atoms with Crippen LogP contribution in [0.2, 0.25) is 0 Å². The molecular weight excluding hydrogens is 366 g/mol. The van der Waals surface area contributed by atoms with Crippen LogP contribution in [0.4, 0.5) is 0 Å². The van der Waals surface area contributed by atoms with Crippen LogP contribution in [0.5, 0.6) is 0 Å². The Labute approximate surface area is 169 Å². The Morgan fingerprint density at radius 1 is 1.10 bits per heavy atom. The van der Waals surface area contributed by atoms with Gasteiger partial charge in [-0.05, 0) is 62.5 Å². The van der Waals surface area contributed by atoms with Crippen LogP contribution in [0.3, 0.4) is 0 Å². The third-order valence-electron chi connectivity index (χ3n) is 6.08. The Kier molecular flexibility index (Phi) is 4.93. The van der Waals surface area contributed by atoms with Crippen molar-refractivity contribution in [3.63, 3.8) is 0 Å². The molecule has 0 aromatic carbocycles. The number of fused-ring (bicyclic) bond motifs is 1. The average molecular weight is 391 g/mol. The van der Waals surface area contributed by atoms with Crippen LogP contribution in [-0.2, 0) is 4.79 Å². The maximum Gasteiger partial charge on any atom is 0.220 e. The van der Waals surface area contributed by atoms with Crippen molar-refractivity contribution in [1.29, 1.82) is 0 Å². The van der Waals surface area contributed by atoms with Gasteiger partial charge in [0.15, 0.2) is 11.5 Å². The highest BCUT2D eigenvalue weighted by molar-refractivity contribution is 5.76. The third-order valence-corrected chi connectivity index (χ3v) is 6.08. The highest BCUT2D eigenvalue weighted by Crippen LogP contribution is 2.28. The van der Waals surface area contributed by atoms with Crippen molar-refractivity contribution < 1.29 is 4.79 Å². The van der Waals surface area contributed by atoms with Crippen LogP contribution < -0.4 is 5.32 Å². The molecule has 8 nitrogen and oxygen atoms in total. The topological polar surface area (TPSA) is 88.3 Å². The van der Waals surface area contributed by atoms with Gasteiger partial charge < -0.3 is 10.2 Å². The molecule has 0 aliphatic carbocycles. The minimum absolute atomic E-state index is 0.191. The van der Waals surface area contributed by atoms with Crippen molar-refractivity contribution in [3.8, 4) is 11.3 Å². The second kappa shape index (κ2) is 7.87. The van der Waals surface area contributed by atoms with Crippen LogP contribution in [0, 0.1) is 5.92 Å². The zero-order valence-electron chi connectivity index (χ0n) is 16.4. The zero-order valence-corrected chi connectivity index (χ0v) is 16.4. The predicted octanol–water partition coefficient (Wildman–Crippen LogP) is 1.89.